The fourth-order valence-corrected chi connectivity index (χ4v) is 5.46. The van der Waals surface area contributed by atoms with E-state index in [4.69, 9.17) is 10.5 Å². The number of likely N-dealkylation sites (tertiary alicyclic amines) is 1. The number of urea groups is 1. The molecule has 0 aromatic carbocycles. The van der Waals surface area contributed by atoms with Gasteiger partial charge in [-0.05, 0) is 64.2 Å². The Labute approximate surface area is 243 Å². The van der Waals surface area contributed by atoms with Crippen LogP contribution in [0, 0.1) is 17.3 Å². The van der Waals surface area contributed by atoms with Crippen LogP contribution in [-0.2, 0) is 28.7 Å². The summed E-state index contributed by atoms with van der Waals surface area (Å²) >= 11 is 0. The SMILES string of the molecule is CC(NC(=O)C1C[C@@H](C)CN1C(=O)C(NC(=O)NC(C(=O)OC(C)(C)C)C1CCCCC1)C(C)(C)C)C(=O)C(N)=O. The molecule has 5 amide bonds. The van der Waals surface area contributed by atoms with E-state index in [0.717, 1.165) is 32.1 Å². The van der Waals surface area contributed by atoms with Crippen LogP contribution in [0.15, 0.2) is 0 Å². The van der Waals surface area contributed by atoms with Crippen molar-refractivity contribution in [2.75, 3.05) is 6.54 Å². The molecule has 4 unspecified atom stereocenters. The lowest BCUT2D eigenvalue weighted by molar-refractivity contribution is -0.159. The molecule has 1 saturated carbocycles. The maximum Gasteiger partial charge on any atom is 0.329 e. The number of Topliss-reactive ketones (excluding diaryl/α,β-unsaturated/α-hetero) is 1. The number of primary amides is 1. The van der Waals surface area contributed by atoms with Crippen LogP contribution in [0.4, 0.5) is 4.79 Å². The Bertz CT molecular complexity index is 1010. The number of nitrogens with one attached hydrogen (secondary N) is 3. The van der Waals surface area contributed by atoms with Gasteiger partial charge in [-0.25, -0.2) is 9.59 Å². The summed E-state index contributed by atoms with van der Waals surface area (Å²) < 4.78 is 5.62. The van der Waals surface area contributed by atoms with Crippen LogP contribution >= 0.6 is 0 Å². The number of hydrogen-bond donors (Lipinski definition) is 4. The lowest BCUT2D eigenvalue weighted by atomic mass is 9.83. The molecule has 0 radical (unpaired) electrons. The van der Waals surface area contributed by atoms with Crippen molar-refractivity contribution < 1.29 is 33.5 Å². The Morgan fingerprint density at radius 3 is 2.00 bits per heavy atom. The zero-order chi connectivity index (χ0) is 31.3. The first-order valence-electron chi connectivity index (χ1n) is 14.6. The molecule has 0 aromatic rings. The van der Waals surface area contributed by atoms with Gasteiger partial charge in [-0.3, -0.25) is 19.2 Å². The van der Waals surface area contributed by atoms with Gasteiger partial charge in [-0.1, -0.05) is 47.0 Å². The van der Waals surface area contributed by atoms with Crippen molar-refractivity contribution in [3.63, 3.8) is 0 Å². The molecule has 12 heteroatoms. The average molecular weight is 580 g/mol. The van der Waals surface area contributed by atoms with Crippen LogP contribution in [0.3, 0.4) is 0 Å². The summed E-state index contributed by atoms with van der Waals surface area (Å²) in [4.78, 5) is 78.0. The molecule has 232 valence electrons. The van der Waals surface area contributed by atoms with E-state index in [-0.39, 0.29) is 18.4 Å². The van der Waals surface area contributed by atoms with Gasteiger partial charge in [0.15, 0.2) is 0 Å². The van der Waals surface area contributed by atoms with Gasteiger partial charge in [0.05, 0.1) is 6.04 Å². The van der Waals surface area contributed by atoms with Crippen molar-refractivity contribution in [2.45, 2.75) is 124 Å². The van der Waals surface area contributed by atoms with Gasteiger partial charge in [0.25, 0.3) is 5.91 Å². The maximum atomic E-state index is 13.9. The lowest BCUT2D eigenvalue weighted by Crippen LogP contribution is -2.61. The van der Waals surface area contributed by atoms with Crippen LogP contribution in [0.25, 0.3) is 0 Å². The zero-order valence-corrected chi connectivity index (χ0v) is 25.8. The molecule has 2 rings (SSSR count). The van der Waals surface area contributed by atoms with Crippen molar-refractivity contribution in [1.29, 1.82) is 0 Å². The van der Waals surface area contributed by atoms with Gasteiger partial charge < -0.3 is 31.3 Å². The molecule has 1 saturated heterocycles. The standard InChI is InChI=1S/C29H49N5O7/c1-16-14-19(24(37)31-17(2)21(35)23(30)36)34(15-16)25(38)22(28(3,4)5)33-27(40)32-20(18-12-10-9-11-13-18)26(39)41-29(6,7)8/h16-20,22H,9-15H2,1-8H3,(H2,30,36)(H,31,37)(H2,32,33,40)/t16-,17?,19?,20?,22?/m1/s1. The number of ether oxygens (including phenoxy) is 1. The van der Waals surface area contributed by atoms with Crippen LogP contribution in [0.5, 0.6) is 0 Å². The maximum absolute atomic E-state index is 13.9. The number of amides is 5. The predicted octanol–water partition coefficient (Wildman–Crippen LogP) is 1.79. The highest BCUT2D eigenvalue weighted by atomic mass is 16.6. The first kappa shape index (κ1) is 34.0. The molecule has 1 aliphatic heterocycles. The van der Waals surface area contributed by atoms with Crippen molar-refractivity contribution in [2.24, 2.45) is 23.0 Å². The third-order valence-corrected chi connectivity index (χ3v) is 7.55. The van der Waals surface area contributed by atoms with Crippen LogP contribution in [0.1, 0.15) is 93.9 Å². The van der Waals surface area contributed by atoms with Gasteiger partial charge in [0.1, 0.15) is 23.7 Å². The van der Waals surface area contributed by atoms with E-state index in [1.54, 1.807) is 41.5 Å². The number of carbonyl (C=O) groups excluding carboxylic acids is 6. The fraction of sp³-hybridized carbons (Fsp3) is 0.793. The summed E-state index contributed by atoms with van der Waals surface area (Å²) in [7, 11) is 0. The summed E-state index contributed by atoms with van der Waals surface area (Å²) in [6.07, 6.45) is 4.90. The molecule has 2 fully saturated rings. The Hall–Kier alpha value is -3.18. The number of rotatable bonds is 9. The average Bonchev–Trinajstić information content (AvgIpc) is 3.25. The van der Waals surface area contributed by atoms with Crippen molar-refractivity contribution >= 4 is 35.5 Å². The van der Waals surface area contributed by atoms with E-state index in [0.29, 0.717) is 6.42 Å². The number of carbonyl (C=O) groups is 6. The van der Waals surface area contributed by atoms with Crippen molar-refractivity contribution in [3.05, 3.63) is 0 Å². The predicted molar refractivity (Wildman–Crippen MR) is 152 cm³/mol. The summed E-state index contributed by atoms with van der Waals surface area (Å²) in [6, 6.07) is -4.60. The molecular formula is C29H49N5O7. The van der Waals surface area contributed by atoms with Gasteiger partial charge in [-0.2, -0.15) is 0 Å². The van der Waals surface area contributed by atoms with E-state index in [2.05, 4.69) is 16.0 Å². The Balaban J connectivity index is 2.23. The summed E-state index contributed by atoms with van der Waals surface area (Å²) in [6.45, 7) is 14.2. The molecule has 12 nitrogen and oxygen atoms in total. The normalized spacial score (nSPS) is 22.2. The summed E-state index contributed by atoms with van der Waals surface area (Å²) in [5, 5.41) is 8.05. The van der Waals surface area contributed by atoms with Crippen molar-refractivity contribution in [3.8, 4) is 0 Å². The van der Waals surface area contributed by atoms with E-state index >= 15 is 0 Å². The molecule has 5 N–H and O–H groups in total. The Kier molecular flexibility index (Phi) is 11.3. The first-order chi connectivity index (χ1) is 18.8. The second-order valence-electron chi connectivity index (χ2n) is 13.6. The smallest absolute Gasteiger partial charge is 0.329 e. The second kappa shape index (κ2) is 13.7. The number of nitrogens with two attached hydrogens (primary N) is 1. The quantitative estimate of drug-likeness (QED) is 0.238. The van der Waals surface area contributed by atoms with E-state index in [1.807, 2.05) is 6.92 Å². The Morgan fingerprint density at radius 2 is 1.49 bits per heavy atom. The minimum atomic E-state index is -1.16. The largest absolute Gasteiger partial charge is 0.458 e. The first-order valence-corrected chi connectivity index (χ1v) is 14.6. The molecule has 0 aromatic heterocycles. The van der Waals surface area contributed by atoms with Crippen LogP contribution in [0.2, 0.25) is 0 Å². The highest BCUT2D eigenvalue weighted by Crippen LogP contribution is 2.30. The number of ketones is 1. The van der Waals surface area contributed by atoms with Crippen LogP contribution in [-0.4, -0.2) is 76.7 Å². The molecule has 41 heavy (non-hydrogen) atoms. The molecular weight excluding hydrogens is 530 g/mol. The highest BCUT2D eigenvalue weighted by molar-refractivity contribution is 6.37. The topological polar surface area (TPSA) is 177 Å². The molecule has 2 aliphatic rings. The fourth-order valence-electron chi connectivity index (χ4n) is 5.46. The number of nitrogens with zero attached hydrogens (tertiary/aromatic N) is 1. The van der Waals surface area contributed by atoms with Gasteiger partial charge >= 0.3 is 12.0 Å². The summed E-state index contributed by atoms with van der Waals surface area (Å²) in [5.41, 5.74) is 3.57. The minimum absolute atomic E-state index is 0.0193. The molecule has 1 heterocycles. The molecule has 1 aliphatic carbocycles. The van der Waals surface area contributed by atoms with E-state index < -0.39 is 70.7 Å². The van der Waals surface area contributed by atoms with Gasteiger partial charge in [0, 0.05) is 6.54 Å². The van der Waals surface area contributed by atoms with Gasteiger partial charge in [-0.15, -0.1) is 0 Å². The van der Waals surface area contributed by atoms with E-state index in [9.17, 15) is 28.8 Å². The third-order valence-electron chi connectivity index (χ3n) is 7.55. The third kappa shape index (κ3) is 9.71. The molecule has 0 bridgehead atoms. The number of hydrogen-bond acceptors (Lipinski definition) is 7. The molecule has 0 spiro atoms. The summed E-state index contributed by atoms with van der Waals surface area (Å²) in [5.74, 6) is -3.75. The van der Waals surface area contributed by atoms with Crippen LogP contribution < -0.4 is 21.7 Å². The molecule has 5 atom stereocenters. The minimum Gasteiger partial charge on any atom is -0.458 e. The second-order valence-corrected chi connectivity index (χ2v) is 13.6. The number of esters is 1. The monoisotopic (exact) mass is 579 g/mol. The van der Waals surface area contributed by atoms with E-state index in [1.165, 1.54) is 11.8 Å². The lowest BCUT2D eigenvalue weighted by Gasteiger charge is -2.36. The zero-order valence-electron chi connectivity index (χ0n) is 25.8. The highest BCUT2D eigenvalue weighted by Gasteiger charge is 2.45. The van der Waals surface area contributed by atoms with Gasteiger partial charge in [0.2, 0.25) is 17.6 Å². The van der Waals surface area contributed by atoms with Crippen molar-refractivity contribution in [1.82, 2.24) is 20.9 Å². The Morgan fingerprint density at radius 1 is 0.902 bits per heavy atom.